The molecule has 1 aromatic carbocycles. The molecule has 7 heteroatoms. The van der Waals surface area contributed by atoms with Crippen LogP contribution in [0.15, 0.2) is 18.2 Å². The molecule has 0 spiro atoms. The van der Waals surface area contributed by atoms with Crippen LogP contribution >= 0.6 is 11.6 Å². The van der Waals surface area contributed by atoms with Gasteiger partial charge in [0.2, 0.25) is 5.91 Å². The maximum Gasteiger partial charge on any atom is 0.253 e. The van der Waals surface area contributed by atoms with E-state index in [0.29, 0.717) is 24.4 Å². The molecule has 0 radical (unpaired) electrons. The molecular weight excluding hydrogens is 342 g/mol. The Kier molecular flexibility index (Phi) is 7.52. The highest BCUT2D eigenvalue weighted by molar-refractivity contribution is 6.32. The number of alkyl halides is 1. The maximum absolute atomic E-state index is 12.6. The minimum atomic E-state index is -0.635. The molecule has 1 aliphatic rings. The normalized spacial score (nSPS) is 15.1. The molecule has 1 aromatic rings. The van der Waals surface area contributed by atoms with E-state index in [-0.39, 0.29) is 11.8 Å². The molecule has 2 rings (SSSR count). The number of nitrogens with one attached hydrogen (secondary N) is 2. The Labute approximate surface area is 153 Å². The first kappa shape index (κ1) is 19.5. The molecule has 0 aliphatic carbocycles. The predicted octanol–water partition coefficient (Wildman–Crippen LogP) is 2.62. The number of carbonyl (C=O) groups excluding carboxylic acids is 2. The van der Waals surface area contributed by atoms with E-state index in [9.17, 15) is 9.59 Å². The third-order valence-corrected chi connectivity index (χ3v) is 4.33. The predicted molar refractivity (Wildman–Crippen MR) is 101 cm³/mol. The number of benzene rings is 1. The molecule has 0 saturated carbocycles. The van der Waals surface area contributed by atoms with E-state index in [1.807, 2.05) is 12.1 Å². The van der Waals surface area contributed by atoms with Crippen molar-refractivity contribution in [3.05, 3.63) is 23.8 Å². The van der Waals surface area contributed by atoms with Gasteiger partial charge < -0.3 is 20.3 Å². The van der Waals surface area contributed by atoms with Crippen LogP contribution < -0.4 is 15.5 Å². The summed E-state index contributed by atoms with van der Waals surface area (Å²) in [5.74, 6) is -0.435. The molecule has 0 bridgehead atoms. The van der Waals surface area contributed by atoms with E-state index in [2.05, 4.69) is 15.5 Å². The Morgan fingerprint density at radius 2 is 2.04 bits per heavy atom. The van der Waals surface area contributed by atoms with Crippen LogP contribution in [0.5, 0.6) is 0 Å². The molecule has 1 fully saturated rings. The van der Waals surface area contributed by atoms with Crippen LogP contribution in [0.1, 0.15) is 36.5 Å². The summed E-state index contributed by atoms with van der Waals surface area (Å²) in [7, 11) is 1.64. The number of methoxy groups -OCH3 is 1. The highest BCUT2D eigenvalue weighted by atomic mass is 35.5. The third-order valence-electron chi connectivity index (χ3n) is 4.13. The lowest BCUT2D eigenvalue weighted by atomic mass is 10.1. The molecule has 0 aromatic heterocycles. The average Bonchev–Trinajstić information content (AvgIpc) is 3.12. The number of ether oxygens (including phenoxy) is 1. The van der Waals surface area contributed by atoms with Crippen LogP contribution in [0.2, 0.25) is 0 Å². The van der Waals surface area contributed by atoms with Gasteiger partial charge in [-0.15, -0.1) is 11.6 Å². The lowest BCUT2D eigenvalue weighted by Gasteiger charge is -2.22. The first-order chi connectivity index (χ1) is 12.0. The van der Waals surface area contributed by atoms with Gasteiger partial charge in [-0.2, -0.15) is 0 Å². The minimum absolute atomic E-state index is 0.145. The number of amides is 2. The van der Waals surface area contributed by atoms with Gasteiger partial charge in [0.25, 0.3) is 5.91 Å². The highest BCUT2D eigenvalue weighted by Crippen LogP contribution is 2.27. The van der Waals surface area contributed by atoms with Crippen molar-refractivity contribution >= 4 is 34.8 Å². The second-order valence-corrected chi connectivity index (χ2v) is 6.79. The molecule has 1 heterocycles. The molecule has 2 amide bonds. The van der Waals surface area contributed by atoms with Crippen molar-refractivity contribution in [1.29, 1.82) is 0 Å². The van der Waals surface area contributed by atoms with Crippen molar-refractivity contribution in [1.82, 2.24) is 5.32 Å². The number of rotatable bonds is 8. The zero-order chi connectivity index (χ0) is 18.2. The van der Waals surface area contributed by atoms with Crippen LogP contribution in [-0.4, -0.2) is 50.5 Å². The smallest absolute Gasteiger partial charge is 0.253 e. The van der Waals surface area contributed by atoms with Crippen molar-refractivity contribution in [3.8, 4) is 0 Å². The zero-order valence-electron chi connectivity index (χ0n) is 14.8. The number of hydrogen-bond donors (Lipinski definition) is 2. The number of halogens is 1. The van der Waals surface area contributed by atoms with E-state index in [4.69, 9.17) is 16.3 Å². The Morgan fingerprint density at radius 3 is 2.68 bits per heavy atom. The monoisotopic (exact) mass is 367 g/mol. The van der Waals surface area contributed by atoms with Gasteiger partial charge >= 0.3 is 0 Å². The number of anilines is 2. The van der Waals surface area contributed by atoms with Gasteiger partial charge in [-0.05, 0) is 44.4 Å². The molecule has 1 atom stereocenters. The Bertz CT molecular complexity index is 601. The molecule has 1 aliphatic heterocycles. The fourth-order valence-electron chi connectivity index (χ4n) is 2.78. The van der Waals surface area contributed by atoms with Gasteiger partial charge in [0, 0.05) is 44.7 Å². The first-order valence-electron chi connectivity index (χ1n) is 8.64. The third kappa shape index (κ3) is 5.61. The summed E-state index contributed by atoms with van der Waals surface area (Å²) in [5.41, 5.74) is 2.04. The molecular formula is C18H26ClN3O3. The SMILES string of the molecule is COCCCNC(=O)c1cc(NC(=O)C(C)Cl)ccc1N1CCCC1. The number of carbonyl (C=O) groups is 2. The van der Waals surface area contributed by atoms with E-state index in [1.54, 1.807) is 20.1 Å². The molecule has 1 unspecified atom stereocenters. The van der Waals surface area contributed by atoms with Crippen LogP contribution in [-0.2, 0) is 9.53 Å². The summed E-state index contributed by atoms with van der Waals surface area (Å²) >= 11 is 5.80. The van der Waals surface area contributed by atoms with E-state index < -0.39 is 5.38 Å². The molecule has 1 saturated heterocycles. The summed E-state index contributed by atoms with van der Waals surface area (Å²) in [5, 5.41) is 5.02. The quantitative estimate of drug-likeness (QED) is 0.547. The standard InChI is InChI=1S/C18H26ClN3O3/c1-13(19)17(23)21-14-6-7-16(22-9-3-4-10-22)15(12-14)18(24)20-8-5-11-25-2/h6-7,12-13H,3-5,8-11H2,1-2H3,(H,20,24)(H,21,23). The fraction of sp³-hybridized carbons (Fsp3) is 0.556. The lowest BCUT2D eigenvalue weighted by Crippen LogP contribution is -2.29. The van der Waals surface area contributed by atoms with Crippen molar-refractivity contribution in [2.75, 3.05) is 43.6 Å². The van der Waals surface area contributed by atoms with Gasteiger partial charge in [-0.3, -0.25) is 9.59 Å². The summed E-state index contributed by atoms with van der Waals surface area (Å²) in [6.07, 6.45) is 3.00. The van der Waals surface area contributed by atoms with Crippen molar-refractivity contribution in [3.63, 3.8) is 0 Å². The van der Waals surface area contributed by atoms with Crippen molar-refractivity contribution in [2.45, 2.75) is 31.6 Å². The van der Waals surface area contributed by atoms with Gasteiger partial charge in [0.15, 0.2) is 0 Å². The Morgan fingerprint density at radius 1 is 1.32 bits per heavy atom. The van der Waals surface area contributed by atoms with Gasteiger partial charge in [-0.25, -0.2) is 0 Å². The Balaban J connectivity index is 2.18. The lowest BCUT2D eigenvalue weighted by molar-refractivity contribution is -0.115. The zero-order valence-corrected chi connectivity index (χ0v) is 15.6. The van der Waals surface area contributed by atoms with E-state index in [0.717, 1.165) is 38.0 Å². The average molecular weight is 368 g/mol. The Hall–Kier alpha value is -1.79. The van der Waals surface area contributed by atoms with Gasteiger partial charge in [0.1, 0.15) is 5.38 Å². The largest absolute Gasteiger partial charge is 0.385 e. The highest BCUT2D eigenvalue weighted by Gasteiger charge is 2.20. The first-order valence-corrected chi connectivity index (χ1v) is 9.07. The van der Waals surface area contributed by atoms with Crippen molar-refractivity contribution in [2.24, 2.45) is 0 Å². The summed E-state index contributed by atoms with van der Waals surface area (Å²) in [6, 6.07) is 5.42. The van der Waals surface area contributed by atoms with Crippen LogP contribution in [0.3, 0.4) is 0 Å². The summed E-state index contributed by atoms with van der Waals surface area (Å²) < 4.78 is 5.00. The van der Waals surface area contributed by atoms with Crippen LogP contribution in [0, 0.1) is 0 Å². The molecule has 2 N–H and O–H groups in total. The van der Waals surface area contributed by atoms with E-state index >= 15 is 0 Å². The minimum Gasteiger partial charge on any atom is -0.385 e. The van der Waals surface area contributed by atoms with Crippen LogP contribution in [0.25, 0.3) is 0 Å². The molecule has 25 heavy (non-hydrogen) atoms. The fourth-order valence-corrected chi connectivity index (χ4v) is 2.84. The van der Waals surface area contributed by atoms with E-state index in [1.165, 1.54) is 0 Å². The molecule has 6 nitrogen and oxygen atoms in total. The topological polar surface area (TPSA) is 70.7 Å². The van der Waals surface area contributed by atoms with Gasteiger partial charge in [-0.1, -0.05) is 0 Å². The summed E-state index contributed by atoms with van der Waals surface area (Å²) in [6.45, 7) is 4.63. The second kappa shape index (κ2) is 9.63. The number of nitrogens with zero attached hydrogens (tertiary/aromatic N) is 1. The van der Waals surface area contributed by atoms with Crippen LogP contribution in [0.4, 0.5) is 11.4 Å². The number of hydrogen-bond acceptors (Lipinski definition) is 4. The maximum atomic E-state index is 12.6. The second-order valence-electron chi connectivity index (χ2n) is 6.13. The molecule has 138 valence electrons. The van der Waals surface area contributed by atoms with Gasteiger partial charge in [0.05, 0.1) is 5.56 Å². The van der Waals surface area contributed by atoms with Crippen molar-refractivity contribution < 1.29 is 14.3 Å². The summed E-state index contributed by atoms with van der Waals surface area (Å²) in [4.78, 5) is 26.7.